The molecule has 1 aromatic rings. The molecule has 1 aromatic carbocycles. The Bertz CT molecular complexity index is 481. The number of halogens is 1. The van der Waals surface area contributed by atoms with Crippen LogP contribution in [0, 0.1) is 0 Å². The van der Waals surface area contributed by atoms with E-state index in [2.05, 4.69) is 9.80 Å². The van der Waals surface area contributed by atoms with Crippen LogP contribution in [-0.4, -0.2) is 61.4 Å². The molecule has 0 spiro atoms. The third-order valence-electron chi connectivity index (χ3n) is 4.51. The molecule has 0 bridgehead atoms. The number of benzene rings is 1. The molecule has 6 heteroatoms. The van der Waals surface area contributed by atoms with Crippen molar-refractivity contribution < 1.29 is 14.6 Å². The van der Waals surface area contributed by atoms with E-state index in [9.17, 15) is 4.79 Å². The van der Waals surface area contributed by atoms with Crippen molar-refractivity contribution in [1.82, 2.24) is 4.90 Å². The van der Waals surface area contributed by atoms with E-state index in [0.717, 1.165) is 45.1 Å². The fourth-order valence-corrected chi connectivity index (χ4v) is 3.25. The number of hydrogen-bond acceptors (Lipinski definition) is 4. The number of rotatable bonds is 3. The Morgan fingerprint density at radius 3 is 2.18 bits per heavy atom. The summed E-state index contributed by atoms with van der Waals surface area (Å²) in [6.45, 7) is 5.90. The molecule has 0 unspecified atom stereocenters. The van der Waals surface area contributed by atoms with Crippen molar-refractivity contribution in [3.05, 3.63) is 29.8 Å². The zero-order valence-electron chi connectivity index (χ0n) is 12.6. The number of piperidine rings is 1. The summed E-state index contributed by atoms with van der Waals surface area (Å²) in [5.74, 6) is -0.868. The molecule has 2 aliphatic heterocycles. The maximum atomic E-state index is 10.9. The molecule has 22 heavy (non-hydrogen) atoms. The van der Waals surface area contributed by atoms with E-state index in [0.29, 0.717) is 11.6 Å². The summed E-state index contributed by atoms with van der Waals surface area (Å²) in [5, 5.41) is 8.94. The van der Waals surface area contributed by atoms with Crippen molar-refractivity contribution in [2.75, 3.05) is 44.3 Å². The first kappa shape index (κ1) is 17.1. The van der Waals surface area contributed by atoms with E-state index >= 15 is 0 Å². The summed E-state index contributed by atoms with van der Waals surface area (Å²) in [5.41, 5.74) is 1.47. The highest BCUT2D eigenvalue weighted by Crippen LogP contribution is 2.23. The lowest BCUT2D eigenvalue weighted by Crippen LogP contribution is -2.49. The zero-order valence-corrected chi connectivity index (χ0v) is 13.4. The third kappa shape index (κ3) is 3.91. The number of aromatic carboxylic acids is 1. The van der Waals surface area contributed by atoms with Crippen molar-refractivity contribution in [3.63, 3.8) is 0 Å². The summed E-state index contributed by atoms with van der Waals surface area (Å²) < 4.78 is 5.41. The average molecular weight is 327 g/mol. The fourth-order valence-electron chi connectivity index (χ4n) is 3.25. The zero-order chi connectivity index (χ0) is 14.7. The molecule has 0 atom stereocenters. The maximum Gasteiger partial charge on any atom is 0.335 e. The minimum atomic E-state index is -0.868. The summed E-state index contributed by atoms with van der Waals surface area (Å²) in [6.07, 6.45) is 2.33. The molecule has 0 aromatic heterocycles. The Morgan fingerprint density at radius 1 is 1.05 bits per heavy atom. The van der Waals surface area contributed by atoms with Crippen molar-refractivity contribution in [2.24, 2.45) is 0 Å². The second-order valence-corrected chi connectivity index (χ2v) is 5.72. The van der Waals surface area contributed by atoms with Crippen molar-refractivity contribution >= 4 is 24.1 Å². The van der Waals surface area contributed by atoms with Gasteiger partial charge in [-0.3, -0.25) is 4.90 Å². The first-order valence-electron chi connectivity index (χ1n) is 7.64. The summed E-state index contributed by atoms with van der Waals surface area (Å²) >= 11 is 0. The third-order valence-corrected chi connectivity index (χ3v) is 4.51. The van der Waals surface area contributed by atoms with Crippen LogP contribution in [0.4, 0.5) is 5.69 Å². The second kappa shape index (κ2) is 7.81. The van der Waals surface area contributed by atoms with Crippen LogP contribution < -0.4 is 4.90 Å². The van der Waals surface area contributed by atoms with Crippen LogP contribution in [0.1, 0.15) is 23.2 Å². The molecule has 122 valence electrons. The highest BCUT2D eigenvalue weighted by molar-refractivity contribution is 5.88. The van der Waals surface area contributed by atoms with E-state index in [4.69, 9.17) is 9.84 Å². The van der Waals surface area contributed by atoms with Gasteiger partial charge in [0.1, 0.15) is 0 Å². The molecule has 0 amide bonds. The monoisotopic (exact) mass is 326 g/mol. The topological polar surface area (TPSA) is 53.0 Å². The molecule has 5 nitrogen and oxygen atoms in total. The lowest BCUT2D eigenvalue weighted by Gasteiger charge is -2.40. The number of ether oxygens (including phenoxy) is 1. The second-order valence-electron chi connectivity index (χ2n) is 5.72. The Balaban J connectivity index is 0.00000176. The van der Waals surface area contributed by atoms with E-state index in [-0.39, 0.29) is 12.4 Å². The number of hydrogen-bond donors (Lipinski definition) is 1. The van der Waals surface area contributed by atoms with Crippen LogP contribution in [0.3, 0.4) is 0 Å². The van der Waals surface area contributed by atoms with Crippen molar-refractivity contribution in [1.29, 1.82) is 0 Å². The van der Waals surface area contributed by atoms with Crippen molar-refractivity contribution in [3.8, 4) is 0 Å². The molecule has 2 fully saturated rings. The lowest BCUT2D eigenvalue weighted by molar-refractivity contribution is 0.0115. The van der Waals surface area contributed by atoms with Gasteiger partial charge >= 0.3 is 5.97 Å². The Kier molecular flexibility index (Phi) is 6.06. The van der Waals surface area contributed by atoms with Gasteiger partial charge in [-0.2, -0.15) is 0 Å². The van der Waals surface area contributed by atoms with Gasteiger partial charge in [0.15, 0.2) is 0 Å². The standard InChI is InChI=1S/C16H22N2O3.ClH/c19-16(20)13-1-3-14(4-2-13)17-7-5-15(6-8-17)18-9-11-21-12-10-18;/h1-4,15H,5-12H2,(H,19,20);1H. The van der Waals surface area contributed by atoms with Crippen LogP contribution in [0.15, 0.2) is 24.3 Å². The van der Waals surface area contributed by atoms with Gasteiger partial charge in [-0.25, -0.2) is 4.79 Å². The first-order chi connectivity index (χ1) is 10.2. The van der Waals surface area contributed by atoms with Gasteiger partial charge in [-0.05, 0) is 37.1 Å². The summed E-state index contributed by atoms with van der Waals surface area (Å²) in [6, 6.07) is 7.87. The van der Waals surface area contributed by atoms with E-state index in [1.54, 1.807) is 12.1 Å². The van der Waals surface area contributed by atoms with Crippen LogP contribution >= 0.6 is 12.4 Å². The predicted molar refractivity (Wildman–Crippen MR) is 88.3 cm³/mol. The summed E-state index contributed by atoms with van der Waals surface area (Å²) in [4.78, 5) is 15.8. The van der Waals surface area contributed by atoms with Crippen LogP contribution in [0.25, 0.3) is 0 Å². The molecular weight excluding hydrogens is 304 g/mol. The number of anilines is 1. The number of morpholine rings is 1. The van der Waals surface area contributed by atoms with Crippen molar-refractivity contribution in [2.45, 2.75) is 18.9 Å². The molecule has 1 N–H and O–H groups in total. The van der Waals surface area contributed by atoms with Gasteiger partial charge in [-0.1, -0.05) is 0 Å². The molecule has 3 rings (SSSR count). The largest absolute Gasteiger partial charge is 0.478 e. The number of carboxylic acid groups (broad SMARTS) is 1. The van der Waals surface area contributed by atoms with E-state index < -0.39 is 5.97 Å². The van der Waals surface area contributed by atoms with Crippen LogP contribution in [-0.2, 0) is 4.74 Å². The summed E-state index contributed by atoms with van der Waals surface area (Å²) in [7, 11) is 0. The minimum absolute atomic E-state index is 0. The maximum absolute atomic E-state index is 10.9. The predicted octanol–water partition coefficient (Wildman–Crippen LogP) is 2.11. The van der Waals surface area contributed by atoms with Gasteiger partial charge in [0.2, 0.25) is 0 Å². The smallest absolute Gasteiger partial charge is 0.335 e. The first-order valence-corrected chi connectivity index (χ1v) is 7.64. The molecular formula is C16H23ClN2O3. The molecule has 0 aliphatic carbocycles. The molecule has 0 saturated carbocycles. The molecule has 2 aliphatic rings. The number of nitrogens with zero attached hydrogens (tertiary/aromatic N) is 2. The van der Waals surface area contributed by atoms with E-state index in [1.165, 1.54) is 12.8 Å². The SMILES string of the molecule is Cl.O=C(O)c1ccc(N2CCC(N3CCOCC3)CC2)cc1. The van der Waals surface area contributed by atoms with Gasteiger partial charge in [-0.15, -0.1) is 12.4 Å². The van der Waals surface area contributed by atoms with Crippen LogP contribution in [0.5, 0.6) is 0 Å². The average Bonchev–Trinajstić information content (AvgIpc) is 2.56. The van der Waals surface area contributed by atoms with Gasteiger partial charge in [0, 0.05) is 37.9 Å². The molecule has 2 heterocycles. The highest BCUT2D eigenvalue weighted by Gasteiger charge is 2.25. The Morgan fingerprint density at radius 2 is 1.64 bits per heavy atom. The minimum Gasteiger partial charge on any atom is -0.478 e. The molecule has 2 saturated heterocycles. The fraction of sp³-hybridized carbons (Fsp3) is 0.562. The van der Waals surface area contributed by atoms with Gasteiger partial charge in [0.25, 0.3) is 0 Å². The lowest BCUT2D eigenvalue weighted by atomic mass is 10.0. The molecule has 0 radical (unpaired) electrons. The number of carbonyl (C=O) groups is 1. The van der Waals surface area contributed by atoms with Gasteiger partial charge in [0.05, 0.1) is 18.8 Å². The Hall–Kier alpha value is -1.30. The normalized spacial score (nSPS) is 20.5. The van der Waals surface area contributed by atoms with Gasteiger partial charge < -0.3 is 14.7 Å². The van der Waals surface area contributed by atoms with Crippen LogP contribution in [0.2, 0.25) is 0 Å². The number of carboxylic acids is 1. The Labute approximate surface area is 137 Å². The highest BCUT2D eigenvalue weighted by atomic mass is 35.5. The van der Waals surface area contributed by atoms with E-state index in [1.807, 2.05) is 12.1 Å². The quantitative estimate of drug-likeness (QED) is 0.922.